The van der Waals surface area contributed by atoms with E-state index in [2.05, 4.69) is 31.7 Å². The van der Waals surface area contributed by atoms with Crippen LogP contribution >= 0.6 is 22.9 Å². The van der Waals surface area contributed by atoms with Crippen molar-refractivity contribution in [2.24, 2.45) is 0 Å². The number of benzene rings is 1. The first-order valence-corrected chi connectivity index (χ1v) is 4.67. The van der Waals surface area contributed by atoms with E-state index < -0.39 is 6.23 Å². The van der Waals surface area contributed by atoms with Crippen LogP contribution in [-0.2, 0) is 0 Å². The molecule has 12 heavy (non-hydrogen) atoms. The van der Waals surface area contributed by atoms with Gasteiger partial charge in [-0.2, -0.15) is 0 Å². The molecule has 0 aliphatic carbocycles. The number of nitrogens with one attached hydrogen (secondary N) is 2. The lowest BCUT2D eigenvalue weighted by Crippen LogP contribution is -2.14. The van der Waals surface area contributed by atoms with Gasteiger partial charge >= 0.3 is 0 Å². The average Bonchev–Trinajstić information content (AvgIpc) is 2.17. The largest absolute Gasteiger partial charge is 0.374 e. The van der Waals surface area contributed by atoms with Gasteiger partial charge in [0.15, 0.2) is 0 Å². The van der Waals surface area contributed by atoms with Gasteiger partial charge in [0.25, 0.3) is 0 Å². The van der Waals surface area contributed by atoms with Crippen LogP contribution in [0.25, 0.3) is 0 Å². The Labute approximate surface area is 85.7 Å². The smallest absolute Gasteiger partial charge is 0.130 e. The van der Waals surface area contributed by atoms with Crippen LogP contribution in [0.5, 0.6) is 0 Å². The van der Waals surface area contributed by atoms with E-state index >= 15 is 0 Å². The Kier molecular flexibility index (Phi) is 3.77. The second-order valence-electron chi connectivity index (χ2n) is 2.41. The van der Waals surface area contributed by atoms with Crippen LogP contribution in [0.4, 0.5) is 5.69 Å². The normalized spacial score (nSPS) is 12.6. The fourth-order valence-electron chi connectivity index (χ4n) is 0.934. The minimum atomic E-state index is -0.588. The number of halogens is 1. The summed E-state index contributed by atoms with van der Waals surface area (Å²) in [7, 11) is 1.72. The maximum Gasteiger partial charge on any atom is 0.130 e. The third kappa shape index (κ3) is 2.33. The highest BCUT2D eigenvalue weighted by atomic mass is 127. The van der Waals surface area contributed by atoms with Crippen LogP contribution in [-0.4, -0.2) is 12.2 Å². The highest BCUT2D eigenvalue weighted by Gasteiger charge is 2.03. The molecule has 1 aromatic rings. The van der Waals surface area contributed by atoms with E-state index in [0.29, 0.717) is 0 Å². The van der Waals surface area contributed by atoms with Crippen molar-refractivity contribution < 1.29 is 5.11 Å². The molecule has 66 valence electrons. The van der Waals surface area contributed by atoms with E-state index in [1.54, 1.807) is 7.05 Å². The molecule has 0 saturated carbocycles. The summed E-state index contributed by atoms with van der Waals surface area (Å²) in [6.07, 6.45) is -0.588. The molecule has 1 unspecified atom stereocenters. The Bertz CT molecular complexity index is 255. The average molecular weight is 278 g/mol. The van der Waals surface area contributed by atoms with Crippen molar-refractivity contribution in [2.45, 2.75) is 6.23 Å². The van der Waals surface area contributed by atoms with Crippen molar-refractivity contribution in [2.75, 3.05) is 10.6 Å². The minimum Gasteiger partial charge on any atom is -0.374 e. The highest BCUT2D eigenvalue weighted by molar-refractivity contribution is 14.1. The van der Waals surface area contributed by atoms with E-state index in [0.717, 1.165) is 11.3 Å². The number of aliphatic hydroxyl groups excluding tert-OH is 1. The van der Waals surface area contributed by atoms with Crippen molar-refractivity contribution >= 4 is 28.6 Å². The number of anilines is 1. The summed E-state index contributed by atoms with van der Waals surface area (Å²) in [4.78, 5) is 0. The van der Waals surface area contributed by atoms with Gasteiger partial charge in [0.05, 0.1) is 22.9 Å². The van der Waals surface area contributed by atoms with Crippen LogP contribution in [0.1, 0.15) is 11.8 Å². The van der Waals surface area contributed by atoms with E-state index in [9.17, 15) is 5.11 Å². The van der Waals surface area contributed by atoms with Crippen LogP contribution in [0.2, 0.25) is 0 Å². The SMILES string of the molecule is CNC(O)c1cccc(NI)c1. The standard InChI is InChI=1S/C8H11IN2O/c1-10-8(12)6-3-2-4-7(5-6)11-9/h2-5,8,10-12H,1H3. The molecule has 0 radical (unpaired) electrons. The van der Waals surface area contributed by atoms with Crippen molar-refractivity contribution in [3.05, 3.63) is 29.8 Å². The Morgan fingerprint density at radius 3 is 2.83 bits per heavy atom. The zero-order valence-corrected chi connectivity index (χ0v) is 8.87. The van der Waals surface area contributed by atoms with E-state index in [4.69, 9.17) is 0 Å². The van der Waals surface area contributed by atoms with E-state index in [-0.39, 0.29) is 0 Å². The molecule has 0 bridgehead atoms. The number of aliphatic hydroxyl groups is 1. The molecular weight excluding hydrogens is 267 g/mol. The molecule has 0 aliphatic rings. The maximum absolute atomic E-state index is 9.41. The molecule has 0 amide bonds. The quantitative estimate of drug-likeness (QED) is 0.447. The van der Waals surface area contributed by atoms with Gasteiger partial charge in [-0.1, -0.05) is 12.1 Å². The summed E-state index contributed by atoms with van der Waals surface area (Å²) in [5, 5.41) is 12.2. The van der Waals surface area contributed by atoms with Crippen LogP contribution in [0.3, 0.4) is 0 Å². The van der Waals surface area contributed by atoms with Gasteiger partial charge in [-0.3, -0.25) is 5.32 Å². The molecule has 0 spiro atoms. The maximum atomic E-state index is 9.41. The van der Waals surface area contributed by atoms with Crippen molar-refractivity contribution in [3.63, 3.8) is 0 Å². The third-order valence-corrected chi connectivity index (χ3v) is 2.21. The molecule has 3 nitrogen and oxygen atoms in total. The molecule has 0 aliphatic heterocycles. The first kappa shape index (κ1) is 9.76. The molecule has 0 aromatic heterocycles. The first-order chi connectivity index (χ1) is 5.77. The predicted molar refractivity (Wildman–Crippen MR) is 58.1 cm³/mol. The Morgan fingerprint density at radius 2 is 2.25 bits per heavy atom. The van der Waals surface area contributed by atoms with Crippen LogP contribution in [0.15, 0.2) is 24.3 Å². The van der Waals surface area contributed by atoms with Crippen molar-refractivity contribution in [3.8, 4) is 0 Å². The minimum absolute atomic E-state index is 0.588. The topological polar surface area (TPSA) is 44.3 Å². The van der Waals surface area contributed by atoms with E-state index in [1.807, 2.05) is 24.3 Å². The number of rotatable bonds is 3. The molecule has 3 N–H and O–H groups in total. The van der Waals surface area contributed by atoms with Crippen LogP contribution in [0, 0.1) is 0 Å². The molecule has 1 rings (SSSR count). The van der Waals surface area contributed by atoms with Gasteiger partial charge in [0.2, 0.25) is 0 Å². The second-order valence-corrected chi connectivity index (χ2v) is 2.95. The lowest BCUT2D eigenvalue weighted by molar-refractivity contribution is 0.149. The zero-order valence-electron chi connectivity index (χ0n) is 6.71. The third-order valence-electron chi connectivity index (χ3n) is 1.58. The van der Waals surface area contributed by atoms with E-state index in [1.165, 1.54) is 0 Å². The summed E-state index contributed by atoms with van der Waals surface area (Å²) in [5.41, 5.74) is 1.85. The summed E-state index contributed by atoms with van der Waals surface area (Å²) in [6, 6.07) is 7.61. The monoisotopic (exact) mass is 278 g/mol. The Hall–Kier alpha value is -0.330. The molecule has 0 saturated heterocycles. The van der Waals surface area contributed by atoms with Crippen molar-refractivity contribution in [1.82, 2.24) is 5.32 Å². The number of hydrogen-bond acceptors (Lipinski definition) is 3. The molecular formula is C8H11IN2O. The van der Waals surface area contributed by atoms with Crippen molar-refractivity contribution in [1.29, 1.82) is 0 Å². The Balaban J connectivity index is 2.86. The lowest BCUT2D eigenvalue weighted by Gasteiger charge is -2.10. The second kappa shape index (κ2) is 4.64. The molecule has 0 fully saturated rings. The summed E-state index contributed by atoms with van der Waals surface area (Å²) >= 11 is 2.05. The first-order valence-electron chi connectivity index (χ1n) is 3.60. The van der Waals surface area contributed by atoms with Gasteiger partial charge in [-0.15, -0.1) is 0 Å². The molecule has 1 atom stereocenters. The highest BCUT2D eigenvalue weighted by Crippen LogP contribution is 2.16. The number of hydrogen-bond donors (Lipinski definition) is 3. The van der Waals surface area contributed by atoms with Gasteiger partial charge in [0, 0.05) is 5.69 Å². The molecule has 1 aromatic carbocycles. The van der Waals surface area contributed by atoms with Gasteiger partial charge in [0.1, 0.15) is 6.23 Å². The lowest BCUT2D eigenvalue weighted by atomic mass is 10.2. The Morgan fingerprint density at radius 1 is 1.50 bits per heavy atom. The van der Waals surface area contributed by atoms with Gasteiger partial charge < -0.3 is 8.64 Å². The fraction of sp³-hybridized carbons (Fsp3) is 0.250. The predicted octanol–water partition coefficient (Wildman–Crippen LogP) is 1.66. The zero-order chi connectivity index (χ0) is 8.97. The summed E-state index contributed by atoms with van der Waals surface area (Å²) in [5.74, 6) is 0. The van der Waals surface area contributed by atoms with Gasteiger partial charge in [-0.05, 0) is 24.7 Å². The molecule has 0 heterocycles. The summed E-state index contributed by atoms with van der Waals surface area (Å²) < 4.78 is 2.98. The molecule has 4 heteroatoms. The fourth-order valence-corrected chi connectivity index (χ4v) is 1.27. The van der Waals surface area contributed by atoms with Gasteiger partial charge in [-0.25, -0.2) is 0 Å². The summed E-state index contributed by atoms with van der Waals surface area (Å²) in [6.45, 7) is 0. The van der Waals surface area contributed by atoms with Crippen LogP contribution < -0.4 is 8.85 Å².